The zero-order chi connectivity index (χ0) is 20.8. The van der Waals surface area contributed by atoms with Crippen LogP contribution in [0.1, 0.15) is 0 Å². The van der Waals surface area contributed by atoms with Crippen LogP contribution < -0.4 is 14.8 Å². The summed E-state index contributed by atoms with van der Waals surface area (Å²) in [5.74, 6) is 1.62. The summed E-state index contributed by atoms with van der Waals surface area (Å²) in [6.45, 7) is -0.103. The summed E-state index contributed by atoms with van der Waals surface area (Å²) < 4.78 is 12.7. The highest BCUT2D eigenvalue weighted by Gasteiger charge is 2.16. The first-order chi connectivity index (χ1) is 14.7. The lowest BCUT2D eigenvalue weighted by molar-refractivity contribution is -0.118. The van der Waals surface area contributed by atoms with Crippen LogP contribution in [0.4, 0.5) is 5.82 Å². The number of aromatic nitrogens is 2. The summed E-state index contributed by atoms with van der Waals surface area (Å²) in [6, 6.07) is 28.3. The van der Waals surface area contributed by atoms with Crippen molar-refractivity contribution in [3.8, 4) is 28.4 Å². The molecule has 0 spiro atoms. The number of carbonyl (C=O) groups excluding carboxylic acids is 1. The van der Waals surface area contributed by atoms with Gasteiger partial charge in [-0.15, -0.1) is 0 Å². The highest BCUT2D eigenvalue weighted by molar-refractivity contribution is 5.92. The summed E-state index contributed by atoms with van der Waals surface area (Å²) in [7, 11) is 1.62. The molecule has 6 heteroatoms. The molecule has 0 aliphatic heterocycles. The molecular weight excluding hydrogens is 378 g/mol. The summed E-state index contributed by atoms with van der Waals surface area (Å²) in [6.07, 6.45) is 0. The Kier molecular flexibility index (Phi) is 5.75. The molecule has 0 saturated carbocycles. The Morgan fingerprint density at radius 1 is 0.933 bits per heavy atom. The van der Waals surface area contributed by atoms with Crippen LogP contribution in [-0.2, 0) is 4.79 Å². The van der Waals surface area contributed by atoms with E-state index in [1.807, 2.05) is 78.9 Å². The highest BCUT2D eigenvalue weighted by Crippen LogP contribution is 2.31. The average molecular weight is 399 g/mol. The molecule has 4 aromatic rings. The topological polar surface area (TPSA) is 65.4 Å². The monoisotopic (exact) mass is 399 g/mol. The number of anilines is 1. The van der Waals surface area contributed by atoms with E-state index in [-0.39, 0.29) is 12.5 Å². The van der Waals surface area contributed by atoms with Gasteiger partial charge in [0.05, 0.1) is 18.5 Å². The Labute approximate surface area is 174 Å². The van der Waals surface area contributed by atoms with Crippen LogP contribution in [0, 0.1) is 0 Å². The third kappa shape index (κ3) is 4.33. The van der Waals surface area contributed by atoms with E-state index in [9.17, 15) is 4.79 Å². The molecule has 0 aliphatic carbocycles. The molecule has 6 nitrogen and oxygen atoms in total. The number of methoxy groups -OCH3 is 1. The van der Waals surface area contributed by atoms with Gasteiger partial charge in [-0.2, -0.15) is 5.10 Å². The molecule has 0 saturated heterocycles. The van der Waals surface area contributed by atoms with Gasteiger partial charge in [0.15, 0.2) is 6.61 Å². The normalized spacial score (nSPS) is 10.4. The number of nitrogens with zero attached hydrogens (tertiary/aromatic N) is 2. The lowest BCUT2D eigenvalue weighted by Gasteiger charge is -2.09. The maximum atomic E-state index is 12.5. The Morgan fingerprint density at radius 2 is 1.60 bits per heavy atom. The number of para-hydroxylation sites is 3. The van der Waals surface area contributed by atoms with Crippen LogP contribution in [-0.4, -0.2) is 29.4 Å². The van der Waals surface area contributed by atoms with Crippen molar-refractivity contribution < 1.29 is 14.3 Å². The van der Waals surface area contributed by atoms with Crippen molar-refractivity contribution in [3.63, 3.8) is 0 Å². The summed E-state index contributed by atoms with van der Waals surface area (Å²) in [5, 5.41) is 7.61. The Balaban J connectivity index is 1.62. The van der Waals surface area contributed by atoms with Crippen molar-refractivity contribution >= 4 is 11.7 Å². The number of hydrogen-bond acceptors (Lipinski definition) is 4. The van der Waals surface area contributed by atoms with E-state index in [0.29, 0.717) is 23.0 Å². The predicted molar refractivity (Wildman–Crippen MR) is 116 cm³/mol. The van der Waals surface area contributed by atoms with Crippen molar-refractivity contribution in [2.45, 2.75) is 0 Å². The molecule has 1 amide bonds. The van der Waals surface area contributed by atoms with Gasteiger partial charge in [0.25, 0.3) is 5.91 Å². The Morgan fingerprint density at radius 3 is 2.33 bits per heavy atom. The van der Waals surface area contributed by atoms with Crippen LogP contribution in [0.2, 0.25) is 0 Å². The van der Waals surface area contributed by atoms with Crippen molar-refractivity contribution in [2.24, 2.45) is 0 Å². The van der Waals surface area contributed by atoms with Gasteiger partial charge in [0.1, 0.15) is 17.3 Å². The molecule has 1 N–H and O–H groups in total. The van der Waals surface area contributed by atoms with E-state index in [2.05, 4.69) is 5.32 Å². The molecule has 0 radical (unpaired) electrons. The van der Waals surface area contributed by atoms with Crippen LogP contribution >= 0.6 is 0 Å². The fourth-order valence-corrected chi connectivity index (χ4v) is 3.07. The standard InChI is InChI=1S/C24H21N3O3/c1-29-22-15-9-8-14-20(22)21-16-23(27(26-21)18-10-4-2-5-11-18)25-24(28)17-30-19-12-6-3-7-13-19/h2-16H,17H2,1H3,(H,25,28). The minimum atomic E-state index is -0.275. The van der Waals surface area contributed by atoms with Crippen LogP contribution in [0.3, 0.4) is 0 Å². The first-order valence-electron chi connectivity index (χ1n) is 9.51. The van der Waals surface area contributed by atoms with E-state index in [4.69, 9.17) is 14.6 Å². The number of carbonyl (C=O) groups is 1. The van der Waals surface area contributed by atoms with Gasteiger partial charge < -0.3 is 14.8 Å². The van der Waals surface area contributed by atoms with E-state index < -0.39 is 0 Å². The molecule has 30 heavy (non-hydrogen) atoms. The summed E-state index contributed by atoms with van der Waals surface area (Å²) in [4.78, 5) is 12.5. The van der Waals surface area contributed by atoms with Gasteiger partial charge in [-0.05, 0) is 36.4 Å². The second kappa shape index (κ2) is 8.96. The Hall–Kier alpha value is -4.06. The SMILES string of the molecule is COc1ccccc1-c1cc(NC(=O)COc2ccccc2)n(-c2ccccc2)n1. The molecule has 1 aromatic heterocycles. The molecule has 0 aliphatic rings. The molecule has 1 heterocycles. The second-order valence-corrected chi connectivity index (χ2v) is 6.51. The average Bonchev–Trinajstić information content (AvgIpc) is 3.22. The molecule has 0 atom stereocenters. The predicted octanol–water partition coefficient (Wildman–Crippen LogP) is 4.57. The number of ether oxygens (including phenoxy) is 2. The highest BCUT2D eigenvalue weighted by atomic mass is 16.5. The van der Waals surface area contributed by atoms with Gasteiger partial charge in [-0.1, -0.05) is 48.5 Å². The molecule has 0 unspecified atom stereocenters. The second-order valence-electron chi connectivity index (χ2n) is 6.51. The van der Waals surface area contributed by atoms with Crippen molar-refractivity contribution in [2.75, 3.05) is 19.0 Å². The van der Waals surface area contributed by atoms with Gasteiger partial charge in [-0.3, -0.25) is 4.79 Å². The summed E-state index contributed by atoms with van der Waals surface area (Å²) in [5.41, 5.74) is 2.36. The van der Waals surface area contributed by atoms with Gasteiger partial charge in [0.2, 0.25) is 0 Å². The van der Waals surface area contributed by atoms with Gasteiger partial charge in [-0.25, -0.2) is 4.68 Å². The number of nitrogens with one attached hydrogen (secondary N) is 1. The quantitative estimate of drug-likeness (QED) is 0.495. The van der Waals surface area contributed by atoms with E-state index >= 15 is 0 Å². The lowest BCUT2D eigenvalue weighted by Crippen LogP contribution is -2.21. The largest absolute Gasteiger partial charge is 0.496 e. The lowest BCUT2D eigenvalue weighted by atomic mass is 10.1. The minimum absolute atomic E-state index is 0.103. The molecule has 3 aromatic carbocycles. The van der Waals surface area contributed by atoms with Gasteiger partial charge >= 0.3 is 0 Å². The molecular formula is C24H21N3O3. The van der Waals surface area contributed by atoms with Gasteiger partial charge in [0, 0.05) is 11.6 Å². The molecule has 4 rings (SSSR count). The van der Waals surface area contributed by atoms with Crippen LogP contribution in [0.5, 0.6) is 11.5 Å². The minimum Gasteiger partial charge on any atom is -0.496 e. The Bertz CT molecular complexity index is 1120. The van der Waals surface area contributed by atoms with E-state index in [1.165, 1.54) is 0 Å². The number of hydrogen-bond donors (Lipinski definition) is 1. The first kappa shape index (κ1) is 19.3. The number of benzene rings is 3. The third-order valence-corrected chi connectivity index (χ3v) is 4.47. The van der Waals surface area contributed by atoms with E-state index in [1.54, 1.807) is 23.9 Å². The fraction of sp³-hybridized carbons (Fsp3) is 0.0833. The smallest absolute Gasteiger partial charge is 0.263 e. The maximum Gasteiger partial charge on any atom is 0.263 e. The maximum absolute atomic E-state index is 12.5. The fourth-order valence-electron chi connectivity index (χ4n) is 3.07. The van der Waals surface area contributed by atoms with Crippen LogP contribution in [0.25, 0.3) is 16.9 Å². The van der Waals surface area contributed by atoms with Crippen LogP contribution in [0.15, 0.2) is 91.0 Å². The summed E-state index contributed by atoms with van der Waals surface area (Å²) >= 11 is 0. The third-order valence-electron chi connectivity index (χ3n) is 4.47. The zero-order valence-electron chi connectivity index (χ0n) is 16.5. The van der Waals surface area contributed by atoms with Crippen molar-refractivity contribution in [1.29, 1.82) is 0 Å². The van der Waals surface area contributed by atoms with Crippen molar-refractivity contribution in [1.82, 2.24) is 9.78 Å². The first-order valence-corrected chi connectivity index (χ1v) is 9.51. The number of rotatable bonds is 7. The molecule has 0 bridgehead atoms. The van der Waals surface area contributed by atoms with Crippen molar-refractivity contribution in [3.05, 3.63) is 91.0 Å². The molecule has 150 valence electrons. The van der Waals surface area contributed by atoms with E-state index in [0.717, 1.165) is 11.3 Å². The number of amides is 1. The molecule has 0 fully saturated rings. The zero-order valence-corrected chi connectivity index (χ0v) is 16.5.